The van der Waals surface area contributed by atoms with Crippen LogP contribution < -0.4 is 0 Å². The molecule has 0 saturated carbocycles. The molecule has 0 aliphatic carbocycles. The summed E-state index contributed by atoms with van der Waals surface area (Å²) in [5.74, 6) is 0. The van der Waals surface area contributed by atoms with Crippen LogP contribution in [0.1, 0.15) is 82.1 Å². The first-order valence-electron chi connectivity index (χ1n) is 6.79. The Hall–Kier alpha value is 0.770. The molecular formula is C16H34BrCl. The van der Waals surface area contributed by atoms with E-state index in [-0.39, 0.29) is 4.87 Å². The number of hydrogen-bond acceptors (Lipinski definition) is 0. The lowest BCUT2D eigenvalue weighted by Gasteiger charge is -2.36. The van der Waals surface area contributed by atoms with Crippen LogP contribution in [0.15, 0.2) is 0 Å². The zero-order valence-corrected chi connectivity index (χ0v) is 16.5. The van der Waals surface area contributed by atoms with Gasteiger partial charge in [-0.3, -0.25) is 0 Å². The van der Waals surface area contributed by atoms with Crippen molar-refractivity contribution in [1.82, 2.24) is 0 Å². The molecule has 0 nitrogen and oxygen atoms in total. The predicted molar refractivity (Wildman–Crippen MR) is 91.1 cm³/mol. The van der Waals surface area contributed by atoms with E-state index in [4.69, 9.17) is 11.6 Å². The van der Waals surface area contributed by atoms with Gasteiger partial charge in [0.2, 0.25) is 0 Å². The Balaban J connectivity index is 0. The van der Waals surface area contributed by atoms with E-state index in [1.165, 1.54) is 6.42 Å². The lowest BCUT2D eigenvalue weighted by atomic mass is 9.72. The highest BCUT2D eigenvalue weighted by Crippen LogP contribution is 2.40. The van der Waals surface area contributed by atoms with Crippen molar-refractivity contribution in [3.8, 4) is 0 Å². The Morgan fingerprint density at radius 1 is 0.722 bits per heavy atom. The molecular weight excluding hydrogens is 308 g/mol. The van der Waals surface area contributed by atoms with E-state index in [1.54, 1.807) is 0 Å². The van der Waals surface area contributed by atoms with Crippen LogP contribution in [0.2, 0.25) is 0 Å². The van der Waals surface area contributed by atoms with Crippen LogP contribution in [0.25, 0.3) is 0 Å². The fourth-order valence-corrected chi connectivity index (χ4v) is 3.00. The van der Waals surface area contributed by atoms with E-state index in [1.807, 2.05) is 0 Å². The molecule has 0 unspecified atom stereocenters. The third kappa shape index (κ3) is 25.6. The van der Waals surface area contributed by atoms with Crippen LogP contribution in [0, 0.1) is 10.8 Å². The monoisotopic (exact) mass is 340 g/mol. The molecule has 0 spiro atoms. The molecule has 0 aliphatic heterocycles. The molecule has 0 saturated heterocycles. The van der Waals surface area contributed by atoms with Gasteiger partial charge in [0, 0.05) is 9.20 Å². The second-order valence-electron chi connectivity index (χ2n) is 8.86. The van der Waals surface area contributed by atoms with Gasteiger partial charge < -0.3 is 0 Å². The smallest absolute Gasteiger partial charge is 0.0395 e. The normalized spacial score (nSPS) is 14.0. The number of hydrogen-bond donors (Lipinski definition) is 0. The first kappa shape index (κ1) is 21.1. The van der Waals surface area contributed by atoms with Gasteiger partial charge in [-0.1, -0.05) is 71.3 Å². The van der Waals surface area contributed by atoms with Crippen LogP contribution in [0.5, 0.6) is 0 Å². The lowest BCUT2D eigenvalue weighted by molar-refractivity contribution is 0.185. The summed E-state index contributed by atoms with van der Waals surface area (Å²) in [7, 11) is 0. The third-order valence-electron chi connectivity index (χ3n) is 1.91. The highest BCUT2D eigenvalue weighted by atomic mass is 79.9. The van der Waals surface area contributed by atoms with Gasteiger partial charge in [-0.25, -0.2) is 0 Å². The van der Waals surface area contributed by atoms with Crippen molar-refractivity contribution in [2.45, 2.75) is 91.3 Å². The summed E-state index contributed by atoms with van der Waals surface area (Å²) in [5.41, 5.74) is 0.731. The van der Waals surface area contributed by atoms with E-state index in [0.29, 0.717) is 15.2 Å². The number of rotatable bonds is 3. The standard InChI is InChI=1S/C12H25Cl.C4H9Br/c1-10(2,3)8-11(4,5)9-12(6,7)13;1-4(2,3)5/h8-9H2,1-7H3;1-3H3. The quantitative estimate of drug-likeness (QED) is 0.483. The van der Waals surface area contributed by atoms with Crippen LogP contribution >= 0.6 is 27.5 Å². The molecule has 0 bridgehead atoms. The Morgan fingerprint density at radius 3 is 1.17 bits per heavy atom. The fraction of sp³-hybridized carbons (Fsp3) is 1.00. The van der Waals surface area contributed by atoms with Crippen molar-refractivity contribution < 1.29 is 0 Å². The van der Waals surface area contributed by atoms with E-state index in [2.05, 4.69) is 85.2 Å². The first-order chi connectivity index (χ1) is 7.41. The molecule has 112 valence electrons. The van der Waals surface area contributed by atoms with Crippen molar-refractivity contribution in [3.63, 3.8) is 0 Å². The Bertz CT molecular complexity index is 199. The SMILES string of the molecule is CC(C)(C)Br.CC(C)(C)CC(C)(C)CC(C)(C)Cl. The Kier molecular flexibility index (Phi) is 8.17. The topological polar surface area (TPSA) is 0 Å². The molecule has 0 N–H and O–H groups in total. The van der Waals surface area contributed by atoms with Gasteiger partial charge in [-0.2, -0.15) is 0 Å². The van der Waals surface area contributed by atoms with Crippen molar-refractivity contribution in [3.05, 3.63) is 0 Å². The first-order valence-corrected chi connectivity index (χ1v) is 7.96. The van der Waals surface area contributed by atoms with Crippen molar-refractivity contribution in [2.75, 3.05) is 0 Å². The zero-order valence-electron chi connectivity index (χ0n) is 14.2. The van der Waals surface area contributed by atoms with Crippen molar-refractivity contribution in [2.24, 2.45) is 10.8 Å². The maximum atomic E-state index is 6.25. The van der Waals surface area contributed by atoms with Gasteiger partial charge in [-0.05, 0) is 37.5 Å². The molecule has 0 fully saturated rings. The summed E-state index contributed by atoms with van der Waals surface area (Å²) in [6.45, 7) is 22.0. The third-order valence-corrected chi connectivity index (χ3v) is 2.04. The molecule has 0 aromatic carbocycles. The van der Waals surface area contributed by atoms with Crippen molar-refractivity contribution in [1.29, 1.82) is 0 Å². The molecule has 0 radical (unpaired) electrons. The van der Waals surface area contributed by atoms with Gasteiger partial charge in [0.05, 0.1) is 0 Å². The number of halogens is 2. The lowest BCUT2D eigenvalue weighted by Crippen LogP contribution is -2.27. The predicted octanol–water partition coefficient (Wildman–Crippen LogP) is 7.04. The minimum atomic E-state index is -0.0747. The summed E-state index contributed by atoms with van der Waals surface area (Å²) in [6.07, 6.45) is 2.29. The summed E-state index contributed by atoms with van der Waals surface area (Å²) in [6, 6.07) is 0. The summed E-state index contributed by atoms with van der Waals surface area (Å²) in [4.78, 5) is -0.0747. The van der Waals surface area contributed by atoms with Crippen LogP contribution in [-0.2, 0) is 0 Å². The van der Waals surface area contributed by atoms with E-state index in [9.17, 15) is 0 Å². The van der Waals surface area contributed by atoms with Gasteiger partial charge in [0.25, 0.3) is 0 Å². The molecule has 18 heavy (non-hydrogen) atoms. The average molecular weight is 342 g/mol. The molecule has 0 aliphatic rings. The highest BCUT2D eigenvalue weighted by molar-refractivity contribution is 9.10. The largest absolute Gasteiger partial charge is 0.120 e. The van der Waals surface area contributed by atoms with Gasteiger partial charge in [-0.15, -0.1) is 11.6 Å². The fourth-order valence-electron chi connectivity index (χ4n) is 2.64. The van der Waals surface area contributed by atoms with Crippen LogP contribution in [0.3, 0.4) is 0 Å². The Morgan fingerprint density at radius 2 is 1.00 bits per heavy atom. The second-order valence-corrected chi connectivity index (χ2v) is 12.3. The van der Waals surface area contributed by atoms with Crippen molar-refractivity contribution >= 4 is 27.5 Å². The molecule has 0 heterocycles. The molecule has 0 rings (SSSR count). The summed E-state index contributed by atoms with van der Waals surface area (Å²) in [5, 5.41) is 0. The minimum absolute atomic E-state index is 0.0747. The maximum absolute atomic E-state index is 6.25. The molecule has 0 aromatic heterocycles. The summed E-state index contributed by atoms with van der Waals surface area (Å²) < 4.78 is 0.312. The summed E-state index contributed by atoms with van der Waals surface area (Å²) >= 11 is 9.62. The maximum Gasteiger partial charge on any atom is 0.0395 e. The molecule has 0 atom stereocenters. The van der Waals surface area contributed by atoms with Gasteiger partial charge in [0.1, 0.15) is 0 Å². The molecule has 0 aromatic rings. The van der Waals surface area contributed by atoms with E-state index >= 15 is 0 Å². The van der Waals surface area contributed by atoms with E-state index in [0.717, 1.165) is 6.42 Å². The average Bonchev–Trinajstić information content (AvgIpc) is 1.64. The van der Waals surface area contributed by atoms with Crippen LogP contribution in [-0.4, -0.2) is 9.20 Å². The Labute approximate surface area is 129 Å². The van der Waals surface area contributed by atoms with Gasteiger partial charge in [0.15, 0.2) is 0 Å². The van der Waals surface area contributed by atoms with Crippen LogP contribution in [0.4, 0.5) is 0 Å². The van der Waals surface area contributed by atoms with Gasteiger partial charge >= 0.3 is 0 Å². The zero-order chi connectivity index (χ0) is 15.4. The number of alkyl halides is 2. The molecule has 0 amide bonds. The minimum Gasteiger partial charge on any atom is -0.120 e. The second kappa shape index (κ2) is 6.97. The molecule has 2 heteroatoms. The van der Waals surface area contributed by atoms with E-state index < -0.39 is 0 Å². The highest BCUT2D eigenvalue weighted by Gasteiger charge is 2.30.